The molecule has 6 nitrogen and oxygen atoms in total. The van der Waals surface area contributed by atoms with Crippen LogP contribution in [-0.2, 0) is 4.79 Å². The van der Waals surface area contributed by atoms with Gasteiger partial charge in [-0.1, -0.05) is 17.8 Å². The number of hydrogen-bond acceptors (Lipinski definition) is 6. The Morgan fingerprint density at radius 1 is 1.32 bits per heavy atom. The average molecular weight is 315 g/mol. The third-order valence-electron chi connectivity index (χ3n) is 2.72. The summed E-state index contributed by atoms with van der Waals surface area (Å²) in [5.41, 5.74) is 5.88. The summed E-state index contributed by atoms with van der Waals surface area (Å²) in [6, 6.07) is 5.60. The van der Waals surface area contributed by atoms with Crippen LogP contribution in [-0.4, -0.2) is 32.3 Å². The Labute approximate surface area is 133 Å². The van der Waals surface area contributed by atoms with Gasteiger partial charge in [0.2, 0.25) is 0 Å². The Morgan fingerprint density at radius 2 is 2.05 bits per heavy atom. The highest BCUT2D eigenvalue weighted by Crippen LogP contribution is 2.13. The monoisotopic (exact) mass is 315 g/mol. The van der Waals surface area contributed by atoms with Gasteiger partial charge in [0.05, 0.1) is 11.5 Å². The Kier molecular flexibility index (Phi) is 5.60. The van der Waals surface area contributed by atoms with Gasteiger partial charge in [0.15, 0.2) is 5.16 Å². The molecule has 0 aliphatic rings. The summed E-state index contributed by atoms with van der Waals surface area (Å²) >= 11 is 1.29. The van der Waals surface area contributed by atoms with E-state index in [9.17, 15) is 4.79 Å². The minimum absolute atomic E-state index is 0.198. The molecule has 0 aliphatic carbocycles. The number of rotatable bonds is 5. The van der Waals surface area contributed by atoms with Gasteiger partial charge in [0.25, 0.3) is 5.91 Å². The van der Waals surface area contributed by atoms with Crippen molar-refractivity contribution in [3.8, 4) is 0 Å². The van der Waals surface area contributed by atoms with E-state index in [1.54, 1.807) is 12.4 Å². The third-order valence-corrected chi connectivity index (χ3v) is 3.57. The molecule has 7 heteroatoms. The molecule has 0 bridgehead atoms. The van der Waals surface area contributed by atoms with Crippen LogP contribution in [0, 0.1) is 13.8 Å². The summed E-state index contributed by atoms with van der Waals surface area (Å²) in [6.07, 6.45) is 3.39. The van der Waals surface area contributed by atoms with Crippen molar-refractivity contribution in [2.24, 2.45) is 5.10 Å². The first kappa shape index (κ1) is 16.1. The number of nitrogens with one attached hydrogen (secondary N) is 1. The fraction of sp³-hybridized carbons (Fsp3) is 0.267. The highest BCUT2D eigenvalue weighted by Gasteiger charge is 2.06. The van der Waals surface area contributed by atoms with E-state index < -0.39 is 0 Å². The molecular formula is C15H17N5OS. The van der Waals surface area contributed by atoms with Crippen molar-refractivity contribution in [3.05, 3.63) is 47.5 Å². The molecule has 0 unspecified atom stereocenters. The summed E-state index contributed by atoms with van der Waals surface area (Å²) < 4.78 is 0. The first-order valence-electron chi connectivity index (χ1n) is 6.73. The number of carbonyl (C=O) groups excluding carboxylic acids is 1. The summed E-state index contributed by atoms with van der Waals surface area (Å²) in [6.45, 7) is 5.62. The number of hydrogen-bond donors (Lipinski definition) is 1. The van der Waals surface area contributed by atoms with E-state index >= 15 is 0 Å². The number of nitrogens with zero attached hydrogens (tertiary/aromatic N) is 4. The topological polar surface area (TPSA) is 80.1 Å². The SMILES string of the molecule is C/C(=N\NC(=O)CSc1nc(C)cc(C)n1)c1cccnc1. The van der Waals surface area contributed by atoms with Gasteiger partial charge >= 0.3 is 0 Å². The zero-order valence-corrected chi connectivity index (χ0v) is 13.5. The number of pyridine rings is 1. The highest BCUT2D eigenvalue weighted by atomic mass is 32.2. The van der Waals surface area contributed by atoms with E-state index in [1.807, 2.05) is 39.0 Å². The number of amides is 1. The van der Waals surface area contributed by atoms with Crippen LogP contribution in [0.2, 0.25) is 0 Å². The lowest BCUT2D eigenvalue weighted by atomic mass is 10.2. The molecule has 0 radical (unpaired) electrons. The lowest BCUT2D eigenvalue weighted by Gasteiger charge is -2.03. The Balaban J connectivity index is 1.88. The molecule has 2 aromatic rings. The van der Waals surface area contributed by atoms with E-state index in [0.29, 0.717) is 10.9 Å². The summed E-state index contributed by atoms with van der Waals surface area (Å²) in [7, 11) is 0. The molecule has 2 heterocycles. The molecule has 0 aromatic carbocycles. The van der Waals surface area contributed by atoms with E-state index in [2.05, 4.69) is 25.5 Å². The predicted octanol–water partition coefficient (Wildman–Crippen LogP) is 2.12. The van der Waals surface area contributed by atoms with E-state index in [4.69, 9.17) is 0 Å². The molecule has 114 valence electrons. The second-order valence-corrected chi connectivity index (χ2v) is 5.64. The molecule has 2 rings (SSSR count). The number of aromatic nitrogens is 3. The second-order valence-electron chi connectivity index (χ2n) is 4.70. The lowest BCUT2D eigenvalue weighted by Crippen LogP contribution is -2.21. The summed E-state index contributed by atoms with van der Waals surface area (Å²) in [4.78, 5) is 24.4. The van der Waals surface area contributed by atoms with Crippen LogP contribution in [0.3, 0.4) is 0 Å². The maximum atomic E-state index is 11.8. The molecule has 0 saturated carbocycles. The van der Waals surface area contributed by atoms with E-state index in [-0.39, 0.29) is 11.7 Å². The van der Waals surface area contributed by atoms with Crippen LogP contribution < -0.4 is 5.43 Å². The van der Waals surface area contributed by atoms with Gasteiger partial charge in [0.1, 0.15) is 0 Å². The van der Waals surface area contributed by atoms with Crippen molar-refractivity contribution >= 4 is 23.4 Å². The zero-order valence-electron chi connectivity index (χ0n) is 12.7. The number of thioether (sulfide) groups is 1. The lowest BCUT2D eigenvalue weighted by molar-refractivity contribution is -0.118. The average Bonchev–Trinajstić information content (AvgIpc) is 2.50. The fourth-order valence-corrected chi connectivity index (χ4v) is 2.45. The quantitative estimate of drug-likeness (QED) is 0.396. The van der Waals surface area contributed by atoms with Crippen LogP contribution in [0.4, 0.5) is 0 Å². The third kappa shape index (κ3) is 4.92. The number of hydrazone groups is 1. The molecule has 0 saturated heterocycles. The van der Waals surface area contributed by atoms with Gasteiger partial charge in [-0.2, -0.15) is 5.10 Å². The molecule has 1 N–H and O–H groups in total. The fourth-order valence-electron chi connectivity index (χ4n) is 1.71. The molecule has 0 fully saturated rings. The van der Waals surface area contributed by atoms with Crippen LogP contribution in [0.15, 0.2) is 40.9 Å². The van der Waals surface area contributed by atoms with Crippen LogP contribution in [0.5, 0.6) is 0 Å². The van der Waals surface area contributed by atoms with Gasteiger partial charge in [-0.3, -0.25) is 9.78 Å². The van der Waals surface area contributed by atoms with Gasteiger partial charge < -0.3 is 0 Å². The Hall–Kier alpha value is -2.28. The molecule has 0 spiro atoms. The maximum absolute atomic E-state index is 11.8. The van der Waals surface area contributed by atoms with E-state index in [0.717, 1.165) is 17.0 Å². The number of aryl methyl sites for hydroxylation is 2. The highest BCUT2D eigenvalue weighted by molar-refractivity contribution is 7.99. The molecule has 0 aliphatic heterocycles. The van der Waals surface area contributed by atoms with Crippen LogP contribution in [0.1, 0.15) is 23.9 Å². The van der Waals surface area contributed by atoms with Gasteiger partial charge in [-0.25, -0.2) is 15.4 Å². The molecule has 0 atom stereocenters. The molecular weight excluding hydrogens is 298 g/mol. The molecule has 22 heavy (non-hydrogen) atoms. The predicted molar refractivity (Wildman–Crippen MR) is 86.8 cm³/mol. The maximum Gasteiger partial charge on any atom is 0.250 e. The number of carbonyl (C=O) groups is 1. The Bertz CT molecular complexity index is 667. The molecule has 2 aromatic heterocycles. The van der Waals surface area contributed by atoms with E-state index in [1.165, 1.54) is 11.8 Å². The van der Waals surface area contributed by atoms with Crippen molar-refractivity contribution in [2.75, 3.05) is 5.75 Å². The summed E-state index contributed by atoms with van der Waals surface area (Å²) in [5.74, 6) is 0.0168. The first-order valence-corrected chi connectivity index (χ1v) is 7.72. The second kappa shape index (κ2) is 7.65. The molecule has 1 amide bonds. The van der Waals surface area contributed by atoms with Crippen molar-refractivity contribution in [1.82, 2.24) is 20.4 Å². The smallest absolute Gasteiger partial charge is 0.250 e. The Morgan fingerprint density at radius 3 is 2.68 bits per heavy atom. The van der Waals surface area contributed by atoms with Gasteiger partial charge in [0, 0.05) is 29.3 Å². The minimum atomic E-state index is -0.198. The van der Waals surface area contributed by atoms with Crippen molar-refractivity contribution in [3.63, 3.8) is 0 Å². The normalized spacial score (nSPS) is 11.3. The first-order chi connectivity index (χ1) is 10.5. The standard InChI is InChI=1S/C15H17N5OS/c1-10-7-11(2)18-15(17-10)22-9-14(21)20-19-12(3)13-5-4-6-16-8-13/h4-8H,9H2,1-3H3,(H,20,21)/b19-12+. The van der Waals surface area contributed by atoms with Crippen molar-refractivity contribution < 1.29 is 4.79 Å². The van der Waals surface area contributed by atoms with Gasteiger partial charge in [-0.15, -0.1) is 0 Å². The van der Waals surface area contributed by atoms with Gasteiger partial charge in [-0.05, 0) is 32.9 Å². The summed E-state index contributed by atoms with van der Waals surface area (Å²) in [5, 5.41) is 4.66. The zero-order chi connectivity index (χ0) is 15.9. The minimum Gasteiger partial charge on any atom is -0.272 e. The van der Waals surface area contributed by atoms with Crippen molar-refractivity contribution in [1.29, 1.82) is 0 Å². The largest absolute Gasteiger partial charge is 0.272 e. The van der Waals surface area contributed by atoms with Crippen LogP contribution >= 0.6 is 11.8 Å². The van der Waals surface area contributed by atoms with Crippen LogP contribution in [0.25, 0.3) is 0 Å². The van der Waals surface area contributed by atoms with Crippen molar-refractivity contribution in [2.45, 2.75) is 25.9 Å².